The number of ether oxygens (including phenoxy) is 3. The van der Waals surface area contributed by atoms with Crippen LogP contribution in [0.1, 0.15) is 11.1 Å². The van der Waals surface area contributed by atoms with Crippen LogP contribution >= 0.6 is 0 Å². The summed E-state index contributed by atoms with van der Waals surface area (Å²) in [6.07, 6.45) is -0.875. The SMILES string of the molecule is Cc1ccc(CN(C)C(=O)COC(=O)[C@@H]2COc3ccccc3O2)cc1. The number of likely N-dealkylation sites (N-methyl/N-ethyl adjacent to an activating group) is 1. The fourth-order valence-corrected chi connectivity index (χ4v) is 2.53. The van der Waals surface area contributed by atoms with E-state index in [1.807, 2.05) is 37.3 Å². The minimum atomic E-state index is -0.875. The van der Waals surface area contributed by atoms with Gasteiger partial charge in [-0.05, 0) is 24.6 Å². The van der Waals surface area contributed by atoms with E-state index in [-0.39, 0.29) is 19.1 Å². The minimum Gasteiger partial charge on any atom is -0.485 e. The second-order valence-corrected chi connectivity index (χ2v) is 6.21. The number of benzene rings is 2. The van der Waals surface area contributed by atoms with Gasteiger partial charge in [0.25, 0.3) is 5.91 Å². The third-order valence-corrected chi connectivity index (χ3v) is 4.08. The van der Waals surface area contributed by atoms with Crippen LogP contribution in [0.25, 0.3) is 0 Å². The van der Waals surface area contributed by atoms with Gasteiger partial charge in [-0.3, -0.25) is 4.79 Å². The lowest BCUT2D eigenvalue weighted by Crippen LogP contribution is -2.40. The molecule has 26 heavy (non-hydrogen) atoms. The molecule has 0 N–H and O–H groups in total. The van der Waals surface area contributed by atoms with Crippen LogP contribution in [0.3, 0.4) is 0 Å². The molecule has 0 bridgehead atoms. The first-order chi connectivity index (χ1) is 12.5. The third kappa shape index (κ3) is 4.33. The maximum atomic E-state index is 12.2. The van der Waals surface area contributed by atoms with Gasteiger partial charge in [-0.2, -0.15) is 0 Å². The maximum Gasteiger partial charge on any atom is 0.351 e. The van der Waals surface area contributed by atoms with E-state index in [1.165, 1.54) is 4.90 Å². The number of esters is 1. The van der Waals surface area contributed by atoms with Crippen LogP contribution < -0.4 is 9.47 Å². The number of nitrogens with zero attached hydrogens (tertiary/aromatic N) is 1. The molecule has 2 aromatic rings. The molecule has 0 spiro atoms. The molecule has 0 aromatic heterocycles. The quantitative estimate of drug-likeness (QED) is 0.770. The van der Waals surface area contributed by atoms with E-state index in [4.69, 9.17) is 14.2 Å². The van der Waals surface area contributed by atoms with Gasteiger partial charge in [-0.15, -0.1) is 0 Å². The minimum absolute atomic E-state index is 0.0588. The Morgan fingerprint density at radius 3 is 2.54 bits per heavy atom. The Bertz CT molecular complexity index is 787. The molecule has 6 heteroatoms. The van der Waals surface area contributed by atoms with E-state index >= 15 is 0 Å². The van der Waals surface area contributed by atoms with E-state index < -0.39 is 12.1 Å². The third-order valence-electron chi connectivity index (χ3n) is 4.08. The van der Waals surface area contributed by atoms with Crippen molar-refractivity contribution >= 4 is 11.9 Å². The summed E-state index contributed by atoms with van der Waals surface area (Å²) in [6.45, 7) is 2.19. The predicted octanol–water partition coefficient (Wildman–Crippen LogP) is 2.34. The number of amides is 1. The van der Waals surface area contributed by atoms with Crippen molar-refractivity contribution in [2.45, 2.75) is 19.6 Å². The smallest absolute Gasteiger partial charge is 0.351 e. The summed E-state index contributed by atoms with van der Waals surface area (Å²) in [6, 6.07) is 15.0. The van der Waals surface area contributed by atoms with Gasteiger partial charge in [0, 0.05) is 13.6 Å². The van der Waals surface area contributed by atoms with Gasteiger partial charge in [0.2, 0.25) is 6.10 Å². The van der Waals surface area contributed by atoms with Gasteiger partial charge in [0.05, 0.1) is 0 Å². The Hall–Kier alpha value is -3.02. The zero-order chi connectivity index (χ0) is 18.5. The topological polar surface area (TPSA) is 65.1 Å². The molecule has 0 aliphatic carbocycles. The second kappa shape index (κ2) is 7.91. The number of carbonyl (C=O) groups excluding carboxylic acids is 2. The number of fused-ring (bicyclic) bond motifs is 1. The molecule has 0 saturated heterocycles. The lowest BCUT2D eigenvalue weighted by molar-refractivity contribution is -0.159. The van der Waals surface area contributed by atoms with Crippen molar-refractivity contribution in [1.29, 1.82) is 0 Å². The fourth-order valence-electron chi connectivity index (χ4n) is 2.53. The van der Waals surface area contributed by atoms with Gasteiger partial charge in [0.15, 0.2) is 18.1 Å². The summed E-state index contributed by atoms with van der Waals surface area (Å²) in [5.74, 6) is 0.182. The van der Waals surface area contributed by atoms with Crippen LogP contribution in [0.5, 0.6) is 11.5 Å². The Morgan fingerprint density at radius 2 is 1.81 bits per heavy atom. The number of para-hydroxylation sites is 2. The molecule has 6 nitrogen and oxygen atoms in total. The van der Waals surface area contributed by atoms with Crippen LogP contribution in [0.15, 0.2) is 48.5 Å². The highest BCUT2D eigenvalue weighted by atomic mass is 16.6. The van der Waals surface area contributed by atoms with E-state index in [0.29, 0.717) is 18.0 Å². The zero-order valence-corrected chi connectivity index (χ0v) is 14.8. The molecule has 136 valence electrons. The van der Waals surface area contributed by atoms with Crippen molar-refractivity contribution in [1.82, 2.24) is 4.90 Å². The van der Waals surface area contributed by atoms with E-state index in [1.54, 1.807) is 25.2 Å². The summed E-state index contributed by atoms with van der Waals surface area (Å²) in [7, 11) is 1.67. The van der Waals surface area contributed by atoms with Crippen LogP contribution in [0.4, 0.5) is 0 Å². The molecular weight excluding hydrogens is 334 g/mol. The van der Waals surface area contributed by atoms with Crippen LogP contribution in [-0.4, -0.2) is 43.1 Å². The lowest BCUT2D eigenvalue weighted by Gasteiger charge is -2.25. The summed E-state index contributed by atoms with van der Waals surface area (Å²) in [5, 5.41) is 0. The Morgan fingerprint density at radius 1 is 1.12 bits per heavy atom. The highest BCUT2D eigenvalue weighted by Gasteiger charge is 2.29. The largest absolute Gasteiger partial charge is 0.485 e. The van der Waals surface area contributed by atoms with Crippen LogP contribution in [0.2, 0.25) is 0 Å². The standard InChI is InChI=1S/C20H21NO5/c1-14-7-9-15(10-8-14)11-21(2)19(22)13-25-20(23)18-12-24-16-5-3-4-6-17(16)26-18/h3-10,18H,11-13H2,1-2H3/t18-/m0/s1. The first kappa shape index (κ1) is 17.8. The number of hydrogen-bond donors (Lipinski definition) is 0. The van der Waals surface area contributed by atoms with Crippen molar-refractivity contribution < 1.29 is 23.8 Å². The van der Waals surface area contributed by atoms with Crippen LogP contribution in [-0.2, 0) is 20.9 Å². The Labute approximate surface area is 152 Å². The van der Waals surface area contributed by atoms with Crippen molar-refractivity contribution in [3.63, 3.8) is 0 Å². The molecule has 1 atom stereocenters. The van der Waals surface area contributed by atoms with Crippen molar-refractivity contribution in [3.8, 4) is 11.5 Å². The van der Waals surface area contributed by atoms with Crippen LogP contribution in [0, 0.1) is 6.92 Å². The highest BCUT2D eigenvalue weighted by Crippen LogP contribution is 2.31. The Balaban J connectivity index is 1.48. The number of rotatable bonds is 5. The second-order valence-electron chi connectivity index (χ2n) is 6.21. The van der Waals surface area contributed by atoms with Gasteiger partial charge in [-0.1, -0.05) is 42.0 Å². The van der Waals surface area contributed by atoms with Crippen molar-refractivity contribution in [2.75, 3.05) is 20.3 Å². The molecular formula is C20H21NO5. The maximum absolute atomic E-state index is 12.2. The fraction of sp³-hybridized carbons (Fsp3) is 0.300. The first-order valence-corrected chi connectivity index (χ1v) is 8.37. The normalized spacial score (nSPS) is 15.2. The lowest BCUT2D eigenvalue weighted by atomic mass is 10.1. The molecule has 1 amide bonds. The number of carbonyl (C=O) groups is 2. The van der Waals surface area contributed by atoms with E-state index in [9.17, 15) is 9.59 Å². The molecule has 1 aliphatic rings. The summed E-state index contributed by atoms with van der Waals surface area (Å²) < 4.78 is 16.1. The predicted molar refractivity (Wildman–Crippen MR) is 95.0 cm³/mol. The van der Waals surface area contributed by atoms with E-state index in [0.717, 1.165) is 11.1 Å². The molecule has 1 aliphatic heterocycles. The molecule has 0 radical (unpaired) electrons. The Kier molecular flexibility index (Phi) is 5.41. The van der Waals surface area contributed by atoms with E-state index in [2.05, 4.69) is 0 Å². The average Bonchev–Trinajstić information content (AvgIpc) is 2.67. The summed E-state index contributed by atoms with van der Waals surface area (Å²) in [5.41, 5.74) is 2.17. The van der Waals surface area contributed by atoms with Crippen molar-refractivity contribution in [3.05, 3.63) is 59.7 Å². The first-order valence-electron chi connectivity index (χ1n) is 8.37. The van der Waals surface area contributed by atoms with Gasteiger partial charge in [-0.25, -0.2) is 4.79 Å². The molecule has 2 aromatic carbocycles. The summed E-state index contributed by atoms with van der Waals surface area (Å²) >= 11 is 0. The number of aryl methyl sites for hydroxylation is 1. The zero-order valence-electron chi connectivity index (χ0n) is 14.8. The van der Waals surface area contributed by atoms with Crippen molar-refractivity contribution in [2.24, 2.45) is 0 Å². The summed E-state index contributed by atoms with van der Waals surface area (Å²) in [4.78, 5) is 25.8. The average molecular weight is 355 g/mol. The molecule has 0 saturated carbocycles. The van der Waals surface area contributed by atoms with Gasteiger partial charge >= 0.3 is 5.97 Å². The highest BCUT2D eigenvalue weighted by molar-refractivity contribution is 5.82. The molecule has 0 fully saturated rings. The van der Waals surface area contributed by atoms with Gasteiger partial charge in [0.1, 0.15) is 6.61 Å². The van der Waals surface area contributed by atoms with Gasteiger partial charge < -0.3 is 19.1 Å². The monoisotopic (exact) mass is 355 g/mol. The molecule has 1 heterocycles. The number of hydrogen-bond acceptors (Lipinski definition) is 5. The molecule has 3 rings (SSSR count). The molecule has 0 unspecified atom stereocenters.